The average molecular weight is 299 g/mol. The number of aromatic nitrogens is 2. The Labute approximate surface area is 128 Å². The molecule has 1 fully saturated rings. The number of para-hydroxylation sites is 1. The van der Waals surface area contributed by atoms with Crippen LogP contribution in [0.15, 0.2) is 42.7 Å². The summed E-state index contributed by atoms with van der Waals surface area (Å²) in [5.74, 6) is 0.545. The minimum atomic E-state index is -1.06. The predicted molar refractivity (Wildman–Crippen MR) is 81.3 cm³/mol. The molecule has 3 rings (SSSR count). The summed E-state index contributed by atoms with van der Waals surface area (Å²) in [6.45, 7) is 1.64. The number of ether oxygens (including phenoxy) is 1. The van der Waals surface area contributed by atoms with E-state index in [2.05, 4.69) is 14.9 Å². The Kier molecular flexibility index (Phi) is 4.18. The first-order valence-corrected chi connectivity index (χ1v) is 7.24. The first kappa shape index (κ1) is 14.3. The third-order valence-electron chi connectivity index (χ3n) is 3.67. The van der Waals surface area contributed by atoms with Crippen molar-refractivity contribution < 1.29 is 14.6 Å². The number of carboxylic acids is 1. The molecule has 0 radical (unpaired) electrons. The van der Waals surface area contributed by atoms with Crippen molar-refractivity contribution in [1.29, 1.82) is 0 Å². The van der Waals surface area contributed by atoms with Crippen molar-refractivity contribution in [3.63, 3.8) is 0 Å². The van der Waals surface area contributed by atoms with Crippen LogP contribution in [0.1, 0.15) is 23.3 Å². The van der Waals surface area contributed by atoms with Gasteiger partial charge in [-0.25, -0.2) is 14.8 Å². The minimum absolute atomic E-state index is 0.0361. The highest BCUT2D eigenvalue weighted by molar-refractivity contribution is 5.84. The SMILES string of the molecule is O=C(O)c1cnc(N2CCC(Oc3ccccc3)CC2)cn1. The van der Waals surface area contributed by atoms with Gasteiger partial charge >= 0.3 is 5.97 Å². The number of benzene rings is 1. The second-order valence-corrected chi connectivity index (χ2v) is 5.18. The smallest absolute Gasteiger partial charge is 0.356 e. The van der Waals surface area contributed by atoms with Gasteiger partial charge in [0.25, 0.3) is 0 Å². The summed E-state index contributed by atoms with van der Waals surface area (Å²) in [6.07, 6.45) is 4.81. The average Bonchev–Trinajstić information content (AvgIpc) is 2.57. The molecule has 0 atom stereocenters. The van der Waals surface area contributed by atoms with Crippen LogP contribution in [0.2, 0.25) is 0 Å². The molecular formula is C16H17N3O3. The number of carboxylic acid groups (broad SMARTS) is 1. The highest BCUT2D eigenvalue weighted by Crippen LogP contribution is 2.21. The Morgan fingerprint density at radius 1 is 1.14 bits per heavy atom. The standard InChI is InChI=1S/C16H17N3O3/c20-16(21)14-10-18-15(11-17-14)19-8-6-13(7-9-19)22-12-4-2-1-3-5-12/h1-5,10-11,13H,6-9H2,(H,20,21). The van der Waals surface area contributed by atoms with Gasteiger partial charge in [-0.15, -0.1) is 0 Å². The minimum Gasteiger partial charge on any atom is -0.490 e. The van der Waals surface area contributed by atoms with Crippen molar-refractivity contribution in [1.82, 2.24) is 9.97 Å². The molecule has 1 aromatic heterocycles. The first-order valence-electron chi connectivity index (χ1n) is 7.24. The summed E-state index contributed by atoms with van der Waals surface area (Å²) < 4.78 is 5.95. The van der Waals surface area contributed by atoms with E-state index in [0.717, 1.165) is 31.7 Å². The maximum Gasteiger partial charge on any atom is 0.356 e. The van der Waals surface area contributed by atoms with E-state index in [1.165, 1.54) is 12.4 Å². The molecule has 0 amide bonds. The van der Waals surface area contributed by atoms with Crippen LogP contribution in [-0.4, -0.2) is 40.2 Å². The van der Waals surface area contributed by atoms with Crippen molar-refractivity contribution >= 4 is 11.8 Å². The van der Waals surface area contributed by atoms with Crippen LogP contribution in [0.25, 0.3) is 0 Å². The van der Waals surface area contributed by atoms with Crippen LogP contribution in [0.3, 0.4) is 0 Å². The van der Waals surface area contributed by atoms with Crippen LogP contribution >= 0.6 is 0 Å². The summed E-state index contributed by atoms with van der Waals surface area (Å²) in [7, 11) is 0. The van der Waals surface area contributed by atoms with E-state index in [1.54, 1.807) is 0 Å². The Morgan fingerprint density at radius 3 is 2.45 bits per heavy atom. The molecule has 1 aromatic carbocycles. The summed E-state index contributed by atoms with van der Waals surface area (Å²) in [6, 6.07) is 9.81. The lowest BCUT2D eigenvalue weighted by Gasteiger charge is -2.32. The van der Waals surface area contributed by atoms with Crippen LogP contribution in [0, 0.1) is 0 Å². The molecule has 1 aliphatic heterocycles. The second kappa shape index (κ2) is 6.43. The molecular weight excluding hydrogens is 282 g/mol. The van der Waals surface area contributed by atoms with E-state index < -0.39 is 5.97 Å². The second-order valence-electron chi connectivity index (χ2n) is 5.18. The molecule has 0 bridgehead atoms. The molecule has 2 aromatic rings. The molecule has 6 heteroatoms. The zero-order valence-electron chi connectivity index (χ0n) is 12.1. The van der Waals surface area contributed by atoms with E-state index in [4.69, 9.17) is 9.84 Å². The Balaban J connectivity index is 1.56. The van der Waals surface area contributed by atoms with Crippen LogP contribution in [0.4, 0.5) is 5.82 Å². The van der Waals surface area contributed by atoms with E-state index in [1.807, 2.05) is 30.3 Å². The van der Waals surface area contributed by atoms with Crippen molar-refractivity contribution in [3.05, 3.63) is 48.4 Å². The fourth-order valence-electron chi connectivity index (χ4n) is 2.49. The van der Waals surface area contributed by atoms with E-state index in [-0.39, 0.29) is 11.8 Å². The number of anilines is 1. The quantitative estimate of drug-likeness (QED) is 0.933. The van der Waals surface area contributed by atoms with Crippen molar-refractivity contribution in [2.75, 3.05) is 18.0 Å². The summed E-state index contributed by atoms with van der Waals surface area (Å²) in [4.78, 5) is 21.0. The molecule has 0 unspecified atom stereocenters. The summed E-state index contributed by atoms with van der Waals surface area (Å²) in [5.41, 5.74) is -0.0361. The van der Waals surface area contributed by atoms with Gasteiger partial charge in [0.1, 0.15) is 17.7 Å². The number of rotatable bonds is 4. The first-order chi connectivity index (χ1) is 10.7. The van der Waals surface area contributed by atoms with Gasteiger partial charge in [0.2, 0.25) is 0 Å². The highest BCUT2D eigenvalue weighted by atomic mass is 16.5. The predicted octanol–water partition coefficient (Wildman–Crippen LogP) is 2.22. The lowest BCUT2D eigenvalue weighted by molar-refractivity contribution is 0.0690. The molecule has 0 aliphatic carbocycles. The largest absolute Gasteiger partial charge is 0.490 e. The molecule has 1 aliphatic rings. The van der Waals surface area contributed by atoms with Gasteiger partial charge < -0.3 is 14.7 Å². The number of piperidine rings is 1. The van der Waals surface area contributed by atoms with Gasteiger partial charge in [-0.3, -0.25) is 0 Å². The van der Waals surface area contributed by atoms with E-state index in [9.17, 15) is 4.79 Å². The molecule has 1 N–H and O–H groups in total. The Bertz CT molecular complexity index is 623. The van der Waals surface area contributed by atoms with Gasteiger partial charge in [0.15, 0.2) is 5.69 Å². The zero-order valence-corrected chi connectivity index (χ0v) is 12.1. The molecule has 1 saturated heterocycles. The Morgan fingerprint density at radius 2 is 1.86 bits per heavy atom. The maximum atomic E-state index is 10.8. The molecule has 0 saturated carbocycles. The third-order valence-corrected chi connectivity index (χ3v) is 3.67. The van der Waals surface area contributed by atoms with E-state index in [0.29, 0.717) is 5.82 Å². The zero-order chi connectivity index (χ0) is 15.4. The van der Waals surface area contributed by atoms with Gasteiger partial charge in [-0.1, -0.05) is 18.2 Å². The van der Waals surface area contributed by atoms with Gasteiger partial charge in [0, 0.05) is 25.9 Å². The third kappa shape index (κ3) is 3.33. The molecule has 114 valence electrons. The number of hydrogen-bond donors (Lipinski definition) is 1. The van der Waals surface area contributed by atoms with Gasteiger partial charge in [-0.05, 0) is 12.1 Å². The van der Waals surface area contributed by atoms with Crippen molar-refractivity contribution in [2.24, 2.45) is 0 Å². The number of aromatic carboxylic acids is 1. The van der Waals surface area contributed by atoms with E-state index >= 15 is 0 Å². The highest BCUT2D eigenvalue weighted by Gasteiger charge is 2.21. The number of hydrogen-bond acceptors (Lipinski definition) is 5. The normalized spacial score (nSPS) is 15.5. The van der Waals surface area contributed by atoms with Crippen LogP contribution in [-0.2, 0) is 0 Å². The number of nitrogens with zero attached hydrogens (tertiary/aromatic N) is 3. The number of carbonyl (C=O) groups is 1. The Hall–Kier alpha value is -2.63. The molecule has 2 heterocycles. The maximum absolute atomic E-state index is 10.8. The van der Waals surface area contributed by atoms with Crippen molar-refractivity contribution in [2.45, 2.75) is 18.9 Å². The van der Waals surface area contributed by atoms with Gasteiger partial charge in [-0.2, -0.15) is 0 Å². The molecule has 6 nitrogen and oxygen atoms in total. The molecule has 22 heavy (non-hydrogen) atoms. The topological polar surface area (TPSA) is 75.5 Å². The summed E-state index contributed by atoms with van der Waals surface area (Å²) >= 11 is 0. The monoisotopic (exact) mass is 299 g/mol. The van der Waals surface area contributed by atoms with Crippen molar-refractivity contribution in [3.8, 4) is 5.75 Å². The summed E-state index contributed by atoms with van der Waals surface area (Å²) in [5, 5.41) is 8.83. The van der Waals surface area contributed by atoms with Crippen LogP contribution < -0.4 is 9.64 Å². The fraction of sp³-hybridized carbons (Fsp3) is 0.312. The van der Waals surface area contributed by atoms with Crippen LogP contribution in [0.5, 0.6) is 5.75 Å². The van der Waals surface area contributed by atoms with Gasteiger partial charge in [0.05, 0.1) is 12.4 Å². The lowest BCUT2D eigenvalue weighted by Crippen LogP contribution is -2.38. The lowest BCUT2D eigenvalue weighted by atomic mass is 10.1. The molecule has 0 spiro atoms. The fourth-order valence-corrected chi connectivity index (χ4v) is 2.49.